The van der Waals surface area contributed by atoms with E-state index in [1.807, 2.05) is 19.2 Å². The number of alkyl halides is 2. The summed E-state index contributed by atoms with van der Waals surface area (Å²) in [7, 11) is 1.50. The topological polar surface area (TPSA) is 49.8 Å². The van der Waals surface area contributed by atoms with Crippen LogP contribution in [0.1, 0.15) is 23.4 Å². The lowest BCUT2D eigenvalue weighted by molar-refractivity contribution is 0.146. The van der Waals surface area contributed by atoms with Crippen LogP contribution in [0.3, 0.4) is 0 Å². The number of halogens is 3. The summed E-state index contributed by atoms with van der Waals surface area (Å²) < 4.78 is 40.2. The second-order valence-corrected chi connectivity index (χ2v) is 8.90. The van der Waals surface area contributed by atoms with Crippen molar-refractivity contribution in [3.8, 4) is 0 Å². The van der Waals surface area contributed by atoms with Gasteiger partial charge in [-0.3, -0.25) is 0 Å². The molecule has 148 valence electrons. The van der Waals surface area contributed by atoms with E-state index in [-0.39, 0.29) is 20.0 Å². The van der Waals surface area contributed by atoms with Crippen molar-refractivity contribution in [2.45, 2.75) is 19.9 Å². The fourth-order valence-corrected chi connectivity index (χ4v) is 4.11. The van der Waals surface area contributed by atoms with Gasteiger partial charge in [-0.1, -0.05) is 26.1 Å². The molecule has 0 atom stereocenters. The number of rotatable bonds is 6. The summed E-state index contributed by atoms with van der Waals surface area (Å²) >= 11 is 0. The zero-order valence-corrected chi connectivity index (χ0v) is 17.0. The number of anilines is 2. The van der Waals surface area contributed by atoms with Crippen molar-refractivity contribution < 1.29 is 13.2 Å². The van der Waals surface area contributed by atoms with Crippen LogP contribution in [0.15, 0.2) is 30.3 Å². The molecule has 0 aliphatic carbocycles. The molecular formula is C20H22F3N4P. The zero-order chi connectivity index (χ0) is 20.4. The number of aryl methyl sites for hydroxylation is 1. The Bertz CT molecular complexity index is 1010. The van der Waals surface area contributed by atoms with Gasteiger partial charge in [0.15, 0.2) is 0 Å². The number of hydrogen-bond donors (Lipinski definition) is 2. The molecule has 0 radical (unpaired) electrons. The molecule has 0 fully saturated rings. The van der Waals surface area contributed by atoms with Gasteiger partial charge in [0, 0.05) is 30.2 Å². The second-order valence-electron chi connectivity index (χ2n) is 6.62. The number of hydrogen-bond acceptors (Lipinski definition) is 4. The summed E-state index contributed by atoms with van der Waals surface area (Å²) in [5, 5.41) is 8.30. The SMILES string of the molecule is CNc1cc2nc(C)nc(NCc3cccc(C(F)F)c3F)c2cc1P(C)C. The van der Waals surface area contributed by atoms with Gasteiger partial charge in [-0.2, -0.15) is 0 Å². The number of benzene rings is 2. The molecule has 2 aromatic carbocycles. The molecule has 8 heteroatoms. The summed E-state index contributed by atoms with van der Waals surface area (Å²) in [6, 6.07) is 8.05. The van der Waals surface area contributed by atoms with E-state index >= 15 is 0 Å². The van der Waals surface area contributed by atoms with Crippen molar-refractivity contribution in [1.29, 1.82) is 0 Å². The van der Waals surface area contributed by atoms with E-state index < -0.39 is 17.8 Å². The van der Waals surface area contributed by atoms with Gasteiger partial charge in [-0.05, 0) is 37.7 Å². The third-order valence-electron chi connectivity index (χ3n) is 4.47. The van der Waals surface area contributed by atoms with Gasteiger partial charge in [-0.25, -0.2) is 23.1 Å². The van der Waals surface area contributed by atoms with Crippen molar-refractivity contribution in [1.82, 2.24) is 9.97 Å². The monoisotopic (exact) mass is 406 g/mol. The van der Waals surface area contributed by atoms with Crippen LogP contribution in [0, 0.1) is 12.7 Å². The molecule has 0 saturated heterocycles. The van der Waals surface area contributed by atoms with Crippen molar-refractivity contribution in [2.75, 3.05) is 31.0 Å². The van der Waals surface area contributed by atoms with E-state index in [1.165, 1.54) is 17.4 Å². The maximum absolute atomic E-state index is 14.3. The molecular weight excluding hydrogens is 384 g/mol. The Hall–Kier alpha value is -2.40. The Morgan fingerprint density at radius 3 is 2.54 bits per heavy atom. The lowest BCUT2D eigenvalue weighted by Gasteiger charge is -2.17. The van der Waals surface area contributed by atoms with Crippen LogP contribution in [-0.2, 0) is 6.54 Å². The van der Waals surface area contributed by atoms with Crippen molar-refractivity contribution in [3.05, 3.63) is 53.1 Å². The molecule has 3 aromatic rings. The molecule has 0 aliphatic heterocycles. The number of nitrogens with zero attached hydrogens (tertiary/aromatic N) is 2. The van der Waals surface area contributed by atoms with E-state index in [2.05, 4.69) is 33.9 Å². The maximum atomic E-state index is 14.3. The van der Waals surface area contributed by atoms with Crippen molar-refractivity contribution >= 4 is 35.6 Å². The number of aromatic nitrogens is 2. The van der Waals surface area contributed by atoms with E-state index in [4.69, 9.17) is 0 Å². The fourth-order valence-electron chi connectivity index (χ4n) is 3.07. The summed E-state index contributed by atoms with van der Waals surface area (Å²) in [6.07, 6.45) is -2.85. The van der Waals surface area contributed by atoms with Crippen LogP contribution >= 0.6 is 7.92 Å². The Morgan fingerprint density at radius 2 is 1.89 bits per heavy atom. The normalized spacial score (nSPS) is 11.5. The average Bonchev–Trinajstić information content (AvgIpc) is 2.65. The van der Waals surface area contributed by atoms with Crippen LogP contribution in [0.2, 0.25) is 0 Å². The maximum Gasteiger partial charge on any atom is 0.266 e. The van der Waals surface area contributed by atoms with Crippen LogP contribution in [0.4, 0.5) is 24.7 Å². The highest BCUT2D eigenvalue weighted by molar-refractivity contribution is 7.64. The van der Waals surface area contributed by atoms with Gasteiger partial charge in [0.2, 0.25) is 0 Å². The minimum absolute atomic E-state index is 0.0497. The molecule has 3 rings (SSSR count). The van der Waals surface area contributed by atoms with Gasteiger partial charge in [0.05, 0.1) is 11.1 Å². The molecule has 1 heterocycles. The standard InChI is InChI=1S/C20H22F3N4P/c1-11-26-15-9-16(24-2)17(28(3)4)8-14(15)20(27-11)25-10-12-6-5-7-13(18(12)21)19(22)23/h5-9,19,24H,10H2,1-4H3,(H,25,26,27). The smallest absolute Gasteiger partial charge is 0.266 e. The Kier molecular flexibility index (Phi) is 6.04. The van der Waals surface area contributed by atoms with Crippen molar-refractivity contribution in [2.24, 2.45) is 0 Å². The predicted molar refractivity (Wildman–Crippen MR) is 111 cm³/mol. The van der Waals surface area contributed by atoms with E-state index in [1.54, 1.807) is 6.92 Å². The minimum Gasteiger partial charge on any atom is -0.388 e. The fraction of sp³-hybridized carbons (Fsp3) is 0.300. The Balaban J connectivity index is 2.01. The third kappa shape index (κ3) is 4.04. The van der Waals surface area contributed by atoms with E-state index in [0.717, 1.165) is 22.7 Å². The molecule has 0 saturated carbocycles. The molecule has 4 nitrogen and oxygen atoms in total. The summed E-state index contributed by atoms with van der Waals surface area (Å²) in [5.41, 5.74) is 1.36. The molecule has 2 N–H and O–H groups in total. The van der Waals surface area contributed by atoms with Gasteiger partial charge in [-0.15, -0.1) is 0 Å². The first-order valence-electron chi connectivity index (χ1n) is 8.78. The molecule has 0 bridgehead atoms. The largest absolute Gasteiger partial charge is 0.388 e. The van der Waals surface area contributed by atoms with Crippen molar-refractivity contribution in [3.63, 3.8) is 0 Å². The highest BCUT2D eigenvalue weighted by atomic mass is 31.1. The van der Waals surface area contributed by atoms with Crippen LogP contribution < -0.4 is 15.9 Å². The average molecular weight is 406 g/mol. The molecule has 0 unspecified atom stereocenters. The summed E-state index contributed by atoms with van der Waals surface area (Å²) in [4.78, 5) is 8.95. The highest BCUT2D eigenvalue weighted by Gasteiger charge is 2.17. The first-order valence-corrected chi connectivity index (χ1v) is 11.0. The minimum atomic E-state index is -2.85. The molecule has 1 aromatic heterocycles. The van der Waals surface area contributed by atoms with Crippen LogP contribution in [0.5, 0.6) is 0 Å². The quantitative estimate of drug-likeness (QED) is 0.564. The molecule has 0 spiro atoms. The van der Waals surface area contributed by atoms with Gasteiger partial charge >= 0.3 is 0 Å². The van der Waals surface area contributed by atoms with Gasteiger partial charge < -0.3 is 10.6 Å². The predicted octanol–water partition coefficient (Wildman–Crippen LogP) is 5.04. The lowest BCUT2D eigenvalue weighted by Crippen LogP contribution is -2.11. The summed E-state index contributed by atoms with van der Waals surface area (Å²) in [6.45, 7) is 6.14. The number of nitrogens with one attached hydrogen (secondary N) is 2. The third-order valence-corrected chi connectivity index (χ3v) is 5.80. The van der Waals surface area contributed by atoms with E-state index in [9.17, 15) is 13.2 Å². The highest BCUT2D eigenvalue weighted by Crippen LogP contribution is 2.33. The molecule has 0 aliphatic rings. The first kappa shape index (κ1) is 20.3. The summed E-state index contributed by atoms with van der Waals surface area (Å²) in [5.74, 6) is 0.246. The second kappa shape index (κ2) is 8.31. The lowest BCUT2D eigenvalue weighted by atomic mass is 10.1. The van der Waals surface area contributed by atoms with Crippen LogP contribution in [-0.4, -0.2) is 30.3 Å². The molecule has 0 amide bonds. The number of fused-ring (bicyclic) bond motifs is 1. The first-order chi connectivity index (χ1) is 13.3. The zero-order valence-electron chi connectivity index (χ0n) is 16.1. The van der Waals surface area contributed by atoms with Gasteiger partial charge in [0.1, 0.15) is 17.5 Å². The van der Waals surface area contributed by atoms with Crippen LogP contribution in [0.25, 0.3) is 10.9 Å². The van der Waals surface area contributed by atoms with E-state index in [0.29, 0.717) is 11.6 Å². The Labute approximate surface area is 163 Å². The van der Waals surface area contributed by atoms with Gasteiger partial charge in [0.25, 0.3) is 6.43 Å². The molecule has 28 heavy (non-hydrogen) atoms. The Morgan fingerprint density at radius 1 is 1.14 bits per heavy atom.